The van der Waals surface area contributed by atoms with Gasteiger partial charge in [-0.3, -0.25) is 9.69 Å². The van der Waals surface area contributed by atoms with Crippen molar-refractivity contribution in [1.29, 1.82) is 0 Å². The Hall–Kier alpha value is -0.650. The molecule has 5 nitrogen and oxygen atoms in total. The van der Waals surface area contributed by atoms with Crippen LogP contribution in [0, 0.1) is 0 Å². The summed E-state index contributed by atoms with van der Waals surface area (Å²) in [4.78, 5) is 15.4. The summed E-state index contributed by atoms with van der Waals surface area (Å²) in [5.74, 6) is -0.718. The molecule has 100 valence electrons. The number of piperazine rings is 1. The number of carboxylic acid groups (broad SMARTS) is 1. The molecule has 1 aliphatic rings. The second-order valence-electron chi connectivity index (χ2n) is 5.69. The Bertz CT molecular complexity index is 266. The Kier molecular flexibility index (Phi) is 4.91. The Labute approximate surface area is 104 Å². The minimum absolute atomic E-state index is 0.0222. The summed E-state index contributed by atoms with van der Waals surface area (Å²) in [7, 11) is 4.09. The number of carbonyl (C=O) groups is 1. The molecule has 1 saturated heterocycles. The molecule has 5 heteroatoms. The largest absolute Gasteiger partial charge is 0.481 e. The van der Waals surface area contributed by atoms with Crippen LogP contribution in [0.2, 0.25) is 0 Å². The Morgan fingerprint density at radius 1 is 1.53 bits per heavy atom. The number of hydrogen-bond acceptors (Lipinski definition) is 4. The summed E-state index contributed by atoms with van der Waals surface area (Å²) < 4.78 is 0. The SMILES string of the molecule is CN(C)CCN1C(CC(=O)O)CNCC1(C)C. The van der Waals surface area contributed by atoms with Crippen LogP contribution in [0.25, 0.3) is 0 Å². The minimum Gasteiger partial charge on any atom is -0.481 e. The van der Waals surface area contributed by atoms with Crippen LogP contribution in [0.15, 0.2) is 0 Å². The van der Waals surface area contributed by atoms with Crippen molar-refractivity contribution < 1.29 is 9.90 Å². The normalized spacial score (nSPS) is 25.1. The van der Waals surface area contributed by atoms with Crippen molar-refractivity contribution >= 4 is 5.97 Å². The average molecular weight is 243 g/mol. The number of aliphatic carboxylic acids is 1. The molecule has 1 unspecified atom stereocenters. The quantitative estimate of drug-likeness (QED) is 0.716. The lowest BCUT2D eigenvalue weighted by atomic mass is 9.94. The van der Waals surface area contributed by atoms with Gasteiger partial charge >= 0.3 is 5.97 Å². The fourth-order valence-corrected chi connectivity index (χ4v) is 2.43. The van der Waals surface area contributed by atoms with E-state index in [0.29, 0.717) is 0 Å². The smallest absolute Gasteiger partial charge is 0.304 e. The molecule has 1 fully saturated rings. The Balaban J connectivity index is 2.68. The summed E-state index contributed by atoms with van der Waals surface area (Å²) in [6.07, 6.45) is 0.212. The standard InChI is InChI=1S/C12H25N3O2/c1-12(2)9-13-8-10(7-11(16)17)15(12)6-5-14(3)4/h10,13H,5-9H2,1-4H3,(H,16,17). The van der Waals surface area contributed by atoms with Crippen LogP contribution >= 0.6 is 0 Å². The van der Waals surface area contributed by atoms with E-state index in [-0.39, 0.29) is 18.0 Å². The molecule has 0 bridgehead atoms. The van der Waals surface area contributed by atoms with E-state index in [4.69, 9.17) is 5.11 Å². The minimum atomic E-state index is -0.718. The van der Waals surface area contributed by atoms with Crippen LogP contribution in [-0.2, 0) is 4.79 Å². The molecule has 1 heterocycles. The number of likely N-dealkylation sites (N-methyl/N-ethyl adjacent to an activating group) is 1. The van der Waals surface area contributed by atoms with Gasteiger partial charge < -0.3 is 15.3 Å². The summed E-state index contributed by atoms with van der Waals surface area (Å²) >= 11 is 0. The van der Waals surface area contributed by atoms with Crippen LogP contribution in [0.4, 0.5) is 0 Å². The van der Waals surface area contributed by atoms with E-state index in [1.165, 1.54) is 0 Å². The topological polar surface area (TPSA) is 55.8 Å². The molecule has 1 atom stereocenters. The van der Waals surface area contributed by atoms with Crippen molar-refractivity contribution in [2.45, 2.75) is 31.8 Å². The first-order chi connectivity index (χ1) is 7.83. The molecule has 0 aromatic heterocycles. The number of rotatable bonds is 5. The Morgan fingerprint density at radius 3 is 2.71 bits per heavy atom. The molecule has 0 spiro atoms. The lowest BCUT2D eigenvalue weighted by molar-refractivity contribution is -0.139. The van der Waals surface area contributed by atoms with E-state index in [9.17, 15) is 4.79 Å². The van der Waals surface area contributed by atoms with E-state index >= 15 is 0 Å². The van der Waals surface area contributed by atoms with Gasteiger partial charge in [0.15, 0.2) is 0 Å². The summed E-state index contributed by atoms with van der Waals surface area (Å²) in [6, 6.07) is 0.0937. The summed E-state index contributed by atoms with van der Waals surface area (Å²) in [6.45, 7) is 7.90. The molecule has 1 aliphatic heterocycles. The zero-order valence-electron chi connectivity index (χ0n) is 11.4. The molecule has 0 aromatic rings. The van der Waals surface area contributed by atoms with Crippen LogP contribution in [-0.4, -0.2) is 72.7 Å². The molecule has 0 saturated carbocycles. The number of carboxylic acids is 1. The number of hydrogen-bond donors (Lipinski definition) is 2. The molecular formula is C12H25N3O2. The predicted octanol–water partition coefficient (Wildman–Crippen LogP) is 0.0751. The van der Waals surface area contributed by atoms with Gasteiger partial charge in [-0.25, -0.2) is 0 Å². The molecule has 0 aromatic carbocycles. The maximum atomic E-state index is 10.9. The van der Waals surface area contributed by atoms with Crippen LogP contribution in [0.3, 0.4) is 0 Å². The van der Waals surface area contributed by atoms with Gasteiger partial charge in [0.2, 0.25) is 0 Å². The number of nitrogens with one attached hydrogen (secondary N) is 1. The number of nitrogens with zero attached hydrogens (tertiary/aromatic N) is 2. The van der Waals surface area contributed by atoms with E-state index in [1.807, 2.05) is 14.1 Å². The van der Waals surface area contributed by atoms with Crippen molar-refractivity contribution in [2.24, 2.45) is 0 Å². The van der Waals surface area contributed by atoms with Crippen molar-refractivity contribution in [3.05, 3.63) is 0 Å². The average Bonchev–Trinajstić information content (AvgIpc) is 2.14. The maximum Gasteiger partial charge on any atom is 0.304 e. The first-order valence-corrected chi connectivity index (χ1v) is 6.17. The highest BCUT2D eigenvalue weighted by Gasteiger charge is 2.36. The first kappa shape index (κ1) is 14.4. The van der Waals surface area contributed by atoms with Crippen molar-refractivity contribution in [3.8, 4) is 0 Å². The van der Waals surface area contributed by atoms with Gasteiger partial charge in [-0.15, -0.1) is 0 Å². The van der Waals surface area contributed by atoms with Gasteiger partial charge in [-0.05, 0) is 27.9 Å². The molecule has 2 N–H and O–H groups in total. The zero-order chi connectivity index (χ0) is 13.1. The molecule has 1 rings (SSSR count). The van der Waals surface area contributed by atoms with Crippen LogP contribution < -0.4 is 5.32 Å². The van der Waals surface area contributed by atoms with Gasteiger partial charge in [0, 0.05) is 37.8 Å². The predicted molar refractivity (Wildman–Crippen MR) is 68.2 cm³/mol. The van der Waals surface area contributed by atoms with Crippen molar-refractivity contribution in [3.63, 3.8) is 0 Å². The van der Waals surface area contributed by atoms with Crippen molar-refractivity contribution in [1.82, 2.24) is 15.1 Å². The van der Waals surface area contributed by atoms with E-state index in [1.54, 1.807) is 0 Å². The second-order valence-corrected chi connectivity index (χ2v) is 5.69. The monoisotopic (exact) mass is 243 g/mol. The maximum absolute atomic E-state index is 10.9. The van der Waals surface area contributed by atoms with Crippen LogP contribution in [0.5, 0.6) is 0 Å². The highest BCUT2D eigenvalue weighted by molar-refractivity contribution is 5.67. The molecule has 17 heavy (non-hydrogen) atoms. The molecule has 0 radical (unpaired) electrons. The van der Waals surface area contributed by atoms with Gasteiger partial charge in [-0.1, -0.05) is 0 Å². The highest BCUT2D eigenvalue weighted by Crippen LogP contribution is 2.22. The lowest BCUT2D eigenvalue weighted by Crippen LogP contribution is -2.64. The van der Waals surface area contributed by atoms with Gasteiger partial charge in [0.1, 0.15) is 0 Å². The van der Waals surface area contributed by atoms with Crippen LogP contribution in [0.1, 0.15) is 20.3 Å². The molecule has 0 amide bonds. The summed E-state index contributed by atoms with van der Waals surface area (Å²) in [5.41, 5.74) is 0.0222. The molecule has 0 aliphatic carbocycles. The third-order valence-electron chi connectivity index (χ3n) is 3.35. The fraction of sp³-hybridized carbons (Fsp3) is 0.917. The van der Waals surface area contributed by atoms with E-state index in [2.05, 4.69) is 29.0 Å². The van der Waals surface area contributed by atoms with E-state index in [0.717, 1.165) is 26.2 Å². The highest BCUT2D eigenvalue weighted by atomic mass is 16.4. The van der Waals surface area contributed by atoms with Gasteiger partial charge in [0.25, 0.3) is 0 Å². The summed E-state index contributed by atoms with van der Waals surface area (Å²) in [5, 5.41) is 12.3. The van der Waals surface area contributed by atoms with E-state index < -0.39 is 5.97 Å². The fourth-order valence-electron chi connectivity index (χ4n) is 2.43. The lowest BCUT2D eigenvalue weighted by Gasteiger charge is -2.48. The second kappa shape index (κ2) is 5.80. The van der Waals surface area contributed by atoms with Gasteiger partial charge in [0.05, 0.1) is 6.42 Å². The first-order valence-electron chi connectivity index (χ1n) is 6.17. The third-order valence-corrected chi connectivity index (χ3v) is 3.35. The molecular weight excluding hydrogens is 218 g/mol. The van der Waals surface area contributed by atoms with Crippen molar-refractivity contribution in [2.75, 3.05) is 40.3 Å². The van der Waals surface area contributed by atoms with Gasteiger partial charge in [-0.2, -0.15) is 0 Å². The zero-order valence-corrected chi connectivity index (χ0v) is 11.4. The Morgan fingerprint density at radius 2 is 2.18 bits per heavy atom. The third kappa shape index (κ3) is 4.26.